The van der Waals surface area contributed by atoms with Gasteiger partial charge in [0.2, 0.25) is 5.91 Å². The lowest BCUT2D eigenvalue weighted by Gasteiger charge is -2.24. The Hall–Kier alpha value is -1.32. The van der Waals surface area contributed by atoms with Crippen LogP contribution < -0.4 is 0 Å². The number of nitrogens with zero attached hydrogens (tertiary/aromatic N) is 1. The van der Waals surface area contributed by atoms with Crippen molar-refractivity contribution in [2.24, 2.45) is 0 Å². The second-order valence-electron chi connectivity index (χ2n) is 3.89. The Balaban J connectivity index is 2.52. The van der Waals surface area contributed by atoms with Crippen molar-refractivity contribution in [1.29, 1.82) is 0 Å². The minimum atomic E-state index is -1.02. The van der Waals surface area contributed by atoms with E-state index >= 15 is 0 Å². The van der Waals surface area contributed by atoms with Gasteiger partial charge in [-0.3, -0.25) is 4.79 Å². The molecule has 1 aliphatic rings. The number of carboxylic acid groups (broad SMARTS) is 1. The minimum absolute atomic E-state index is 0.0529. The van der Waals surface area contributed by atoms with Crippen LogP contribution in [0.4, 0.5) is 0 Å². The van der Waals surface area contributed by atoms with Crippen molar-refractivity contribution in [1.82, 2.24) is 4.90 Å². The smallest absolute Gasteiger partial charge is 0.332 e. The molecule has 15 heavy (non-hydrogen) atoms. The molecule has 0 radical (unpaired) electrons. The molecule has 0 saturated carbocycles. The standard InChI is InChI=1S/C11H17NO3/c1-9(11(14)15)8-12-7-5-3-2-4-6-10(12)13/h1-8H2,(H,14,15). The third-order valence-electron chi connectivity index (χ3n) is 2.61. The highest BCUT2D eigenvalue weighted by Gasteiger charge is 2.18. The van der Waals surface area contributed by atoms with Crippen LogP contribution in [-0.2, 0) is 9.59 Å². The zero-order valence-electron chi connectivity index (χ0n) is 8.87. The van der Waals surface area contributed by atoms with Gasteiger partial charge in [-0.2, -0.15) is 0 Å². The second kappa shape index (κ2) is 5.53. The van der Waals surface area contributed by atoms with Gasteiger partial charge >= 0.3 is 5.97 Å². The molecule has 1 fully saturated rings. The molecule has 0 aromatic heterocycles. The first kappa shape index (κ1) is 11.8. The Bertz CT molecular complexity index is 273. The summed E-state index contributed by atoms with van der Waals surface area (Å²) in [5.74, 6) is -0.970. The third kappa shape index (κ3) is 3.73. The molecule has 0 bridgehead atoms. The van der Waals surface area contributed by atoms with Gasteiger partial charge in [-0.1, -0.05) is 19.4 Å². The first-order chi connectivity index (χ1) is 7.11. The van der Waals surface area contributed by atoms with Crippen LogP contribution in [0, 0.1) is 0 Å². The summed E-state index contributed by atoms with van der Waals surface area (Å²) < 4.78 is 0. The van der Waals surface area contributed by atoms with Gasteiger partial charge in [0.1, 0.15) is 0 Å². The number of amides is 1. The van der Waals surface area contributed by atoms with Gasteiger partial charge in [-0.25, -0.2) is 4.79 Å². The number of aliphatic carboxylic acids is 1. The largest absolute Gasteiger partial charge is 0.478 e. The van der Waals surface area contributed by atoms with Crippen molar-refractivity contribution in [2.75, 3.05) is 13.1 Å². The first-order valence-electron chi connectivity index (χ1n) is 5.30. The van der Waals surface area contributed by atoms with Crippen molar-refractivity contribution in [3.63, 3.8) is 0 Å². The van der Waals surface area contributed by atoms with E-state index < -0.39 is 5.97 Å². The van der Waals surface area contributed by atoms with E-state index in [1.165, 1.54) is 0 Å². The molecule has 0 unspecified atom stereocenters. The molecule has 1 amide bonds. The molecule has 4 nitrogen and oxygen atoms in total. The normalized spacial score (nSPS) is 18.1. The fraction of sp³-hybridized carbons (Fsp3) is 0.636. The first-order valence-corrected chi connectivity index (χ1v) is 5.30. The number of carboxylic acids is 1. The molecule has 0 aromatic carbocycles. The molecule has 4 heteroatoms. The summed E-state index contributed by atoms with van der Waals surface area (Å²) in [5.41, 5.74) is 0.0870. The van der Waals surface area contributed by atoms with E-state index in [1.807, 2.05) is 0 Å². The summed E-state index contributed by atoms with van der Waals surface area (Å²) in [5, 5.41) is 8.69. The van der Waals surface area contributed by atoms with E-state index in [0.29, 0.717) is 13.0 Å². The molecule has 1 heterocycles. The van der Waals surface area contributed by atoms with E-state index in [-0.39, 0.29) is 18.0 Å². The zero-order chi connectivity index (χ0) is 11.3. The van der Waals surface area contributed by atoms with E-state index in [2.05, 4.69) is 6.58 Å². The van der Waals surface area contributed by atoms with E-state index in [9.17, 15) is 9.59 Å². The Morgan fingerprint density at radius 2 is 2.00 bits per heavy atom. The molecule has 0 aromatic rings. The van der Waals surface area contributed by atoms with Gasteiger partial charge in [0.05, 0.1) is 6.54 Å². The minimum Gasteiger partial charge on any atom is -0.478 e. The summed E-state index contributed by atoms with van der Waals surface area (Å²) in [6, 6.07) is 0. The summed E-state index contributed by atoms with van der Waals surface area (Å²) in [6.07, 6.45) is 4.61. The van der Waals surface area contributed by atoms with Crippen LogP contribution in [0.25, 0.3) is 0 Å². The van der Waals surface area contributed by atoms with Crippen LogP contribution in [0.1, 0.15) is 32.1 Å². The lowest BCUT2D eigenvalue weighted by molar-refractivity contribution is -0.134. The van der Waals surface area contributed by atoms with Crippen LogP contribution >= 0.6 is 0 Å². The molecule has 0 spiro atoms. The van der Waals surface area contributed by atoms with Crippen molar-refractivity contribution < 1.29 is 14.7 Å². The maximum Gasteiger partial charge on any atom is 0.332 e. The monoisotopic (exact) mass is 211 g/mol. The van der Waals surface area contributed by atoms with Crippen molar-refractivity contribution in [3.05, 3.63) is 12.2 Å². The highest BCUT2D eigenvalue weighted by atomic mass is 16.4. The third-order valence-corrected chi connectivity index (χ3v) is 2.61. The molecule has 0 atom stereocenters. The molecular formula is C11H17NO3. The van der Waals surface area contributed by atoms with Gasteiger partial charge in [0.15, 0.2) is 0 Å². The average molecular weight is 211 g/mol. The molecular weight excluding hydrogens is 194 g/mol. The quantitative estimate of drug-likeness (QED) is 0.718. The second-order valence-corrected chi connectivity index (χ2v) is 3.89. The van der Waals surface area contributed by atoms with Crippen molar-refractivity contribution in [2.45, 2.75) is 32.1 Å². The van der Waals surface area contributed by atoms with Gasteiger partial charge in [-0.05, 0) is 12.8 Å². The number of hydrogen-bond acceptors (Lipinski definition) is 2. The lowest BCUT2D eigenvalue weighted by atomic mass is 10.1. The van der Waals surface area contributed by atoms with E-state index in [1.54, 1.807) is 4.90 Å². The predicted octanol–water partition coefficient (Wildman–Crippen LogP) is 1.42. The van der Waals surface area contributed by atoms with Gasteiger partial charge in [-0.15, -0.1) is 0 Å². The molecule has 84 valence electrons. The SMILES string of the molecule is C=C(CN1CCCCCCC1=O)C(=O)O. The summed E-state index contributed by atoms with van der Waals surface area (Å²) in [7, 11) is 0. The summed E-state index contributed by atoms with van der Waals surface area (Å²) in [4.78, 5) is 23.8. The van der Waals surface area contributed by atoms with Crippen molar-refractivity contribution in [3.8, 4) is 0 Å². The number of likely N-dealkylation sites (tertiary alicyclic amines) is 1. The number of carbonyl (C=O) groups is 2. The maximum atomic E-state index is 11.6. The predicted molar refractivity (Wildman–Crippen MR) is 56.4 cm³/mol. The number of hydrogen-bond donors (Lipinski definition) is 1. The molecule has 1 N–H and O–H groups in total. The van der Waals surface area contributed by atoms with Gasteiger partial charge in [0, 0.05) is 18.5 Å². The maximum absolute atomic E-state index is 11.6. The van der Waals surface area contributed by atoms with Crippen LogP contribution in [0.3, 0.4) is 0 Å². The Morgan fingerprint density at radius 3 is 2.67 bits per heavy atom. The molecule has 1 aliphatic heterocycles. The van der Waals surface area contributed by atoms with E-state index in [4.69, 9.17) is 5.11 Å². The zero-order valence-corrected chi connectivity index (χ0v) is 8.87. The lowest BCUT2D eigenvalue weighted by Crippen LogP contribution is -2.35. The number of rotatable bonds is 3. The Labute approximate surface area is 89.6 Å². The molecule has 1 rings (SSSR count). The highest BCUT2D eigenvalue weighted by molar-refractivity contribution is 5.87. The fourth-order valence-electron chi connectivity index (χ4n) is 1.68. The van der Waals surface area contributed by atoms with Gasteiger partial charge < -0.3 is 10.0 Å². The summed E-state index contributed by atoms with van der Waals surface area (Å²) in [6.45, 7) is 4.26. The van der Waals surface area contributed by atoms with Crippen LogP contribution in [0.2, 0.25) is 0 Å². The summed E-state index contributed by atoms with van der Waals surface area (Å²) >= 11 is 0. The molecule has 1 saturated heterocycles. The van der Waals surface area contributed by atoms with Crippen LogP contribution in [-0.4, -0.2) is 35.0 Å². The van der Waals surface area contributed by atoms with Gasteiger partial charge in [0.25, 0.3) is 0 Å². The average Bonchev–Trinajstić information content (AvgIpc) is 2.17. The Kier molecular flexibility index (Phi) is 4.34. The van der Waals surface area contributed by atoms with Crippen LogP contribution in [0.5, 0.6) is 0 Å². The molecule has 0 aliphatic carbocycles. The van der Waals surface area contributed by atoms with Crippen LogP contribution in [0.15, 0.2) is 12.2 Å². The Morgan fingerprint density at radius 1 is 1.33 bits per heavy atom. The topological polar surface area (TPSA) is 57.6 Å². The highest BCUT2D eigenvalue weighted by Crippen LogP contribution is 2.12. The number of carbonyl (C=O) groups excluding carboxylic acids is 1. The van der Waals surface area contributed by atoms with E-state index in [0.717, 1.165) is 25.7 Å². The van der Waals surface area contributed by atoms with Crippen molar-refractivity contribution >= 4 is 11.9 Å². The fourth-order valence-corrected chi connectivity index (χ4v) is 1.68.